The molecule has 94 valence electrons. The molecule has 1 aromatic rings. The summed E-state index contributed by atoms with van der Waals surface area (Å²) in [4.78, 5) is 15.9. The smallest absolute Gasteiger partial charge is 0.255 e. The molecule has 0 saturated carbocycles. The molecule has 0 aromatic carbocycles. The van der Waals surface area contributed by atoms with Crippen LogP contribution in [0.5, 0.6) is 5.75 Å². The second kappa shape index (κ2) is 6.20. The minimum atomic E-state index is -0.169. The van der Waals surface area contributed by atoms with E-state index in [-0.39, 0.29) is 17.9 Å². The summed E-state index contributed by atoms with van der Waals surface area (Å²) in [6.45, 7) is 4.47. The van der Waals surface area contributed by atoms with Crippen molar-refractivity contribution in [2.75, 3.05) is 13.7 Å². The van der Waals surface area contributed by atoms with Crippen molar-refractivity contribution < 1.29 is 9.53 Å². The van der Waals surface area contributed by atoms with Gasteiger partial charge in [0.05, 0.1) is 18.9 Å². The summed E-state index contributed by atoms with van der Waals surface area (Å²) in [5.41, 5.74) is 6.04. The number of hydrogen-bond acceptors (Lipinski definition) is 4. The molecular weight excluding hydrogens is 218 g/mol. The number of nitrogens with two attached hydrogens (primary N) is 1. The molecule has 3 N–H and O–H groups in total. The number of hydrogen-bond donors (Lipinski definition) is 2. The Balaban J connectivity index is 2.76. The van der Waals surface area contributed by atoms with Crippen molar-refractivity contribution in [2.45, 2.75) is 19.9 Å². The van der Waals surface area contributed by atoms with E-state index in [4.69, 9.17) is 10.5 Å². The van der Waals surface area contributed by atoms with Crippen LogP contribution in [0.4, 0.5) is 0 Å². The molecule has 0 radical (unpaired) electrons. The summed E-state index contributed by atoms with van der Waals surface area (Å²) in [5.74, 6) is 0.529. The second-order valence-corrected chi connectivity index (χ2v) is 4.05. The van der Waals surface area contributed by atoms with Gasteiger partial charge in [0.25, 0.3) is 5.91 Å². The normalized spacial score (nSPS) is 13.9. The highest BCUT2D eigenvalue weighted by atomic mass is 16.5. The van der Waals surface area contributed by atoms with Gasteiger partial charge in [0, 0.05) is 12.2 Å². The first-order valence-electron chi connectivity index (χ1n) is 5.59. The fourth-order valence-electron chi connectivity index (χ4n) is 1.36. The molecule has 2 unspecified atom stereocenters. The Labute approximate surface area is 101 Å². The van der Waals surface area contributed by atoms with Crippen LogP contribution in [0, 0.1) is 5.92 Å². The van der Waals surface area contributed by atoms with E-state index in [2.05, 4.69) is 10.3 Å². The minimum Gasteiger partial charge on any atom is -0.494 e. The van der Waals surface area contributed by atoms with Crippen molar-refractivity contribution in [3.63, 3.8) is 0 Å². The molecule has 0 aliphatic heterocycles. The molecule has 17 heavy (non-hydrogen) atoms. The Kier molecular flexibility index (Phi) is 4.90. The monoisotopic (exact) mass is 237 g/mol. The summed E-state index contributed by atoms with van der Waals surface area (Å²) >= 11 is 0. The van der Waals surface area contributed by atoms with Crippen LogP contribution in [-0.4, -0.2) is 30.6 Å². The molecule has 5 heteroatoms. The maximum Gasteiger partial charge on any atom is 0.255 e. The number of carbonyl (C=O) groups is 1. The molecular formula is C12H19N3O2. The number of aromatic nitrogens is 1. The molecule has 0 aliphatic carbocycles. The number of methoxy groups -OCH3 is 1. The van der Waals surface area contributed by atoms with Gasteiger partial charge in [-0.3, -0.25) is 9.78 Å². The van der Waals surface area contributed by atoms with Crippen LogP contribution in [0.2, 0.25) is 0 Å². The Morgan fingerprint density at radius 2 is 2.29 bits per heavy atom. The van der Waals surface area contributed by atoms with Crippen molar-refractivity contribution in [3.8, 4) is 5.75 Å². The lowest BCUT2D eigenvalue weighted by atomic mass is 10.0. The number of amides is 1. The Morgan fingerprint density at radius 3 is 2.88 bits per heavy atom. The van der Waals surface area contributed by atoms with Crippen molar-refractivity contribution in [2.24, 2.45) is 11.7 Å². The van der Waals surface area contributed by atoms with E-state index in [9.17, 15) is 4.79 Å². The van der Waals surface area contributed by atoms with Gasteiger partial charge in [-0.15, -0.1) is 0 Å². The summed E-state index contributed by atoms with van der Waals surface area (Å²) < 4.78 is 5.09. The van der Waals surface area contributed by atoms with Crippen LogP contribution in [-0.2, 0) is 0 Å². The fourth-order valence-corrected chi connectivity index (χ4v) is 1.36. The highest BCUT2D eigenvalue weighted by molar-refractivity contribution is 5.96. The van der Waals surface area contributed by atoms with Crippen LogP contribution in [0.15, 0.2) is 18.5 Å². The molecule has 0 spiro atoms. The zero-order valence-corrected chi connectivity index (χ0v) is 10.4. The first-order valence-corrected chi connectivity index (χ1v) is 5.59. The highest BCUT2D eigenvalue weighted by Gasteiger charge is 2.17. The molecule has 0 aliphatic rings. The fraction of sp³-hybridized carbons (Fsp3) is 0.500. The van der Waals surface area contributed by atoms with Gasteiger partial charge in [0.2, 0.25) is 0 Å². The third-order valence-corrected chi connectivity index (χ3v) is 2.83. The molecule has 1 heterocycles. The van der Waals surface area contributed by atoms with Crippen molar-refractivity contribution in [1.29, 1.82) is 0 Å². The summed E-state index contributed by atoms with van der Waals surface area (Å²) in [6, 6.07) is 1.65. The highest BCUT2D eigenvalue weighted by Crippen LogP contribution is 2.15. The number of nitrogens with zero attached hydrogens (tertiary/aromatic N) is 1. The van der Waals surface area contributed by atoms with Gasteiger partial charge >= 0.3 is 0 Å². The zero-order chi connectivity index (χ0) is 12.8. The van der Waals surface area contributed by atoms with Crippen LogP contribution < -0.4 is 15.8 Å². The van der Waals surface area contributed by atoms with Gasteiger partial charge in [0.1, 0.15) is 5.75 Å². The summed E-state index contributed by atoms with van der Waals surface area (Å²) in [5, 5.41) is 2.89. The predicted octanol–water partition coefficient (Wildman–Crippen LogP) is 0.803. The summed E-state index contributed by atoms with van der Waals surface area (Å²) in [6.07, 6.45) is 3.08. The molecule has 1 aromatic heterocycles. The Bertz CT molecular complexity index is 382. The minimum absolute atomic E-state index is 0.0189. The van der Waals surface area contributed by atoms with Gasteiger partial charge in [-0.05, 0) is 25.5 Å². The Hall–Kier alpha value is -1.62. The molecule has 0 saturated heterocycles. The maximum absolute atomic E-state index is 12.0. The lowest BCUT2D eigenvalue weighted by Crippen LogP contribution is -2.39. The van der Waals surface area contributed by atoms with Crippen LogP contribution in [0.3, 0.4) is 0 Å². The van der Waals surface area contributed by atoms with E-state index in [0.717, 1.165) is 0 Å². The van der Waals surface area contributed by atoms with E-state index in [1.807, 2.05) is 13.8 Å². The third kappa shape index (κ3) is 3.42. The van der Waals surface area contributed by atoms with Crippen molar-refractivity contribution in [3.05, 3.63) is 24.0 Å². The van der Waals surface area contributed by atoms with E-state index in [1.54, 1.807) is 12.3 Å². The Morgan fingerprint density at radius 1 is 1.59 bits per heavy atom. The lowest BCUT2D eigenvalue weighted by Gasteiger charge is -2.20. The van der Waals surface area contributed by atoms with E-state index >= 15 is 0 Å². The third-order valence-electron chi connectivity index (χ3n) is 2.83. The largest absolute Gasteiger partial charge is 0.494 e. The number of pyridine rings is 1. The number of rotatable bonds is 5. The first kappa shape index (κ1) is 13.4. The average Bonchev–Trinajstić information content (AvgIpc) is 2.37. The lowest BCUT2D eigenvalue weighted by molar-refractivity contribution is 0.0926. The second-order valence-electron chi connectivity index (χ2n) is 4.05. The van der Waals surface area contributed by atoms with Gasteiger partial charge in [0.15, 0.2) is 0 Å². The number of nitrogens with one attached hydrogen (secondary N) is 1. The van der Waals surface area contributed by atoms with Gasteiger partial charge in [-0.25, -0.2) is 0 Å². The van der Waals surface area contributed by atoms with Crippen molar-refractivity contribution in [1.82, 2.24) is 10.3 Å². The number of ether oxygens (including phenoxy) is 1. The molecule has 2 atom stereocenters. The van der Waals surface area contributed by atoms with Crippen molar-refractivity contribution >= 4 is 5.91 Å². The molecule has 0 fully saturated rings. The average molecular weight is 237 g/mol. The maximum atomic E-state index is 12.0. The quantitative estimate of drug-likeness (QED) is 0.794. The van der Waals surface area contributed by atoms with Crippen LogP contribution >= 0.6 is 0 Å². The standard InChI is InChI=1S/C12H19N3O2/c1-8(6-13)9(2)15-12(16)10-4-5-14-7-11(10)17-3/h4-5,7-9H,6,13H2,1-3H3,(H,15,16). The topological polar surface area (TPSA) is 77.2 Å². The van der Waals surface area contributed by atoms with Gasteiger partial charge in [-0.1, -0.05) is 6.92 Å². The first-order chi connectivity index (χ1) is 8.10. The predicted molar refractivity (Wildman–Crippen MR) is 65.9 cm³/mol. The summed E-state index contributed by atoms with van der Waals surface area (Å²) in [7, 11) is 1.51. The van der Waals surface area contributed by atoms with E-state index in [0.29, 0.717) is 17.9 Å². The number of carbonyl (C=O) groups excluding carboxylic acids is 1. The SMILES string of the molecule is COc1cnccc1C(=O)NC(C)C(C)CN. The molecule has 1 rings (SSSR count). The molecule has 1 amide bonds. The van der Waals surface area contributed by atoms with Crippen LogP contribution in [0.25, 0.3) is 0 Å². The molecule has 5 nitrogen and oxygen atoms in total. The zero-order valence-electron chi connectivity index (χ0n) is 10.4. The molecule has 0 bridgehead atoms. The van der Waals surface area contributed by atoms with E-state index in [1.165, 1.54) is 13.3 Å². The van der Waals surface area contributed by atoms with Gasteiger partial charge in [-0.2, -0.15) is 0 Å². The van der Waals surface area contributed by atoms with Crippen LogP contribution in [0.1, 0.15) is 24.2 Å². The van der Waals surface area contributed by atoms with Gasteiger partial charge < -0.3 is 15.8 Å². The van der Waals surface area contributed by atoms with E-state index < -0.39 is 0 Å².